The van der Waals surface area contributed by atoms with Crippen LogP contribution in [0.25, 0.3) is 5.57 Å². The lowest BCUT2D eigenvalue weighted by Crippen LogP contribution is -2.56. The lowest BCUT2D eigenvalue weighted by atomic mass is 9.86. The van der Waals surface area contributed by atoms with Gasteiger partial charge in [0.2, 0.25) is 18.8 Å². The molecule has 46 heavy (non-hydrogen) atoms. The second-order valence-electron chi connectivity index (χ2n) is 11.5. The fraction of sp³-hybridized carbons (Fsp3) is 0.188. The van der Waals surface area contributed by atoms with Crippen molar-refractivity contribution in [3.8, 4) is 0 Å². The predicted octanol–water partition coefficient (Wildman–Crippen LogP) is 6.08. The number of benzene rings is 3. The van der Waals surface area contributed by atoms with E-state index in [4.69, 9.17) is 0 Å². The van der Waals surface area contributed by atoms with E-state index in [9.17, 15) is 36.2 Å². The normalized spacial score (nSPS) is 22.5. The molecule has 3 heterocycles. The molecule has 0 spiro atoms. The van der Waals surface area contributed by atoms with Crippen molar-refractivity contribution < 1.29 is 54.2 Å². The molecule has 3 aliphatic heterocycles. The molecule has 0 radical (unpaired) electrons. The number of allylic oxidation sites excluding steroid dienone is 5. The molecule has 5 nitrogen and oxygen atoms in total. The van der Waals surface area contributed by atoms with E-state index in [0.717, 1.165) is 0 Å². The first kappa shape index (κ1) is 30.2. The van der Waals surface area contributed by atoms with Gasteiger partial charge in [0.05, 0.1) is 13.1 Å². The summed E-state index contributed by atoms with van der Waals surface area (Å²) in [5.74, 6) is -17.0. The lowest BCUT2D eigenvalue weighted by molar-refractivity contribution is -0.638. The molecule has 0 aromatic heterocycles. The van der Waals surface area contributed by atoms with Gasteiger partial charge in [0.15, 0.2) is 30.4 Å². The van der Waals surface area contributed by atoms with E-state index in [1.54, 1.807) is 18.2 Å². The van der Waals surface area contributed by atoms with E-state index in [2.05, 4.69) is 0 Å². The molecule has 2 fully saturated rings. The number of carboxylic acid groups (broad SMARTS) is 1. The number of fused-ring (bicyclic) bond motifs is 2. The summed E-state index contributed by atoms with van der Waals surface area (Å²) in [5.41, 5.74) is -3.09. The van der Waals surface area contributed by atoms with E-state index in [-0.39, 0.29) is 38.5 Å². The molecule has 7 rings (SSSR count). The molecule has 4 aliphatic rings. The molecule has 3 aromatic rings. The van der Waals surface area contributed by atoms with Crippen LogP contribution in [0.15, 0.2) is 77.6 Å². The zero-order valence-electron chi connectivity index (χ0n) is 23.3. The average Bonchev–Trinajstić information content (AvgIpc) is 3.00. The summed E-state index contributed by atoms with van der Waals surface area (Å²) >= 11 is 0. The number of carbonyl (C=O) groups is 1. The summed E-state index contributed by atoms with van der Waals surface area (Å²) < 4.78 is 132. The quantitative estimate of drug-likeness (QED) is 0.121. The van der Waals surface area contributed by atoms with Gasteiger partial charge in [0.25, 0.3) is 5.92 Å². The van der Waals surface area contributed by atoms with Gasteiger partial charge in [-0.3, -0.25) is 0 Å². The SMILES string of the molecule is O=C(O)c1c(F)c(F)c(F)c(F)c1C1=C2C=CC(=[N+]3CC(F)(F)C3)C=C2P(=O)(c2ccccc2)c2cc(N3CC(F)(F)C3)ccc21. The molecule has 1 N–H and O–H groups in total. The number of carboxylic acids is 1. The molecule has 3 aromatic carbocycles. The lowest BCUT2D eigenvalue weighted by Gasteiger charge is -2.41. The highest BCUT2D eigenvalue weighted by Gasteiger charge is 2.52. The largest absolute Gasteiger partial charge is 0.478 e. The van der Waals surface area contributed by atoms with Crippen molar-refractivity contribution in [1.29, 1.82) is 0 Å². The molecule has 1 unspecified atom stereocenters. The number of rotatable bonds is 4. The van der Waals surface area contributed by atoms with Gasteiger partial charge < -0.3 is 14.6 Å². The van der Waals surface area contributed by atoms with E-state index < -0.39 is 91.1 Å². The number of hydrogen-bond acceptors (Lipinski definition) is 3. The Morgan fingerprint density at radius 1 is 0.848 bits per heavy atom. The van der Waals surface area contributed by atoms with Gasteiger partial charge in [-0.2, -0.15) is 8.78 Å². The third-order valence-electron chi connectivity index (χ3n) is 8.45. The second-order valence-corrected chi connectivity index (χ2v) is 14.2. The zero-order chi connectivity index (χ0) is 32.9. The first-order valence-corrected chi connectivity index (χ1v) is 15.5. The fourth-order valence-corrected chi connectivity index (χ4v) is 9.38. The first-order chi connectivity index (χ1) is 21.6. The topological polar surface area (TPSA) is 60.6 Å². The van der Waals surface area contributed by atoms with E-state index in [1.807, 2.05) is 0 Å². The van der Waals surface area contributed by atoms with E-state index in [1.165, 1.54) is 58.0 Å². The maximum Gasteiger partial charge on any atom is 0.361 e. The van der Waals surface area contributed by atoms with Crippen molar-refractivity contribution in [2.45, 2.75) is 11.8 Å². The molecule has 236 valence electrons. The molecular formula is C32H20F8N2O3P+. The van der Waals surface area contributed by atoms with Crippen molar-refractivity contribution in [3.63, 3.8) is 0 Å². The van der Waals surface area contributed by atoms with Crippen LogP contribution in [-0.4, -0.2) is 59.4 Å². The van der Waals surface area contributed by atoms with Crippen LogP contribution in [0.3, 0.4) is 0 Å². The molecule has 14 heteroatoms. The first-order valence-electron chi connectivity index (χ1n) is 13.8. The Hall–Kier alpha value is -4.51. The van der Waals surface area contributed by atoms with Crippen LogP contribution in [0.5, 0.6) is 0 Å². The number of anilines is 1. The van der Waals surface area contributed by atoms with Gasteiger partial charge in [0.1, 0.15) is 5.56 Å². The number of alkyl halides is 4. The summed E-state index contributed by atoms with van der Waals surface area (Å²) in [4.78, 5) is 13.5. The highest BCUT2D eigenvalue weighted by atomic mass is 31.2. The molecule has 2 saturated heterocycles. The molecule has 1 atom stereocenters. The Morgan fingerprint density at radius 2 is 1.50 bits per heavy atom. The monoisotopic (exact) mass is 663 g/mol. The van der Waals surface area contributed by atoms with Gasteiger partial charge in [-0.05, 0) is 29.3 Å². The van der Waals surface area contributed by atoms with Crippen molar-refractivity contribution in [2.75, 3.05) is 31.1 Å². The Balaban J connectivity index is 1.60. The van der Waals surface area contributed by atoms with Crippen LogP contribution >= 0.6 is 7.14 Å². The molecule has 0 amide bonds. The van der Waals surface area contributed by atoms with E-state index in [0.29, 0.717) is 0 Å². The van der Waals surface area contributed by atoms with Gasteiger partial charge >= 0.3 is 11.9 Å². The zero-order valence-corrected chi connectivity index (χ0v) is 24.2. The van der Waals surface area contributed by atoms with Gasteiger partial charge in [0, 0.05) is 44.9 Å². The standard InChI is InChI=1S/C32H19F8N2O3P/c33-26-24(25(30(43)44)27(34)29(36)28(26)35)23-19-8-6-16(41-12-31(37,38)13-41)10-21(19)46(45,18-4-2-1-3-5-18)22-11-17(7-9-20(22)23)42-14-32(39,40)15-42/h1-11H,12-15H2/p+1. The molecular weight excluding hydrogens is 643 g/mol. The maximum atomic E-state index is 15.7. The third kappa shape index (κ3) is 4.39. The summed E-state index contributed by atoms with van der Waals surface area (Å²) in [6, 6.07) is 11.7. The van der Waals surface area contributed by atoms with Gasteiger partial charge in [-0.25, -0.2) is 35.7 Å². The van der Waals surface area contributed by atoms with Crippen LogP contribution in [0.2, 0.25) is 0 Å². The highest BCUT2D eigenvalue weighted by Crippen LogP contribution is 2.62. The van der Waals surface area contributed by atoms with Crippen LogP contribution in [0.4, 0.5) is 40.8 Å². The number of halogens is 8. The van der Waals surface area contributed by atoms with Crippen LogP contribution in [0, 0.1) is 23.3 Å². The number of hydrogen-bond donors (Lipinski definition) is 1. The van der Waals surface area contributed by atoms with Crippen molar-refractivity contribution >= 4 is 40.7 Å². The Labute approximate surface area is 255 Å². The number of nitrogens with zero attached hydrogens (tertiary/aromatic N) is 2. The summed E-state index contributed by atoms with van der Waals surface area (Å²) in [7, 11) is -4.14. The number of aromatic carboxylic acids is 1. The smallest absolute Gasteiger partial charge is 0.361 e. The van der Waals surface area contributed by atoms with Crippen LogP contribution in [-0.2, 0) is 4.57 Å². The average molecular weight is 663 g/mol. The maximum absolute atomic E-state index is 15.7. The summed E-state index contributed by atoms with van der Waals surface area (Å²) in [5, 5.41) is 9.86. The Morgan fingerprint density at radius 3 is 2.11 bits per heavy atom. The van der Waals surface area contributed by atoms with Crippen molar-refractivity contribution in [1.82, 2.24) is 0 Å². The van der Waals surface area contributed by atoms with Gasteiger partial charge in [-0.15, -0.1) is 0 Å². The predicted molar refractivity (Wildman–Crippen MR) is 153 cm³/mol. The second kappa shape index (κ2) is 9.99. The molecule has 1 aliphatic carbocycles. The fourth-order valence-electron chi connectivity index (χ4n) is 6.29. The van der Waals surface area contributed by atoms with Crippen molar-refractivity contribution in [3.05, 3.63) is 118 Å². The van der Waals surface area contributed by atoms with Gasteiger partial charge in [-0.1, -0.05) is 36.4 Å². The minimum atomic E-state index is -4.14. The third-order valence-corrected chi connectivity index (χ3v) is 11.6. The van der Waals surface area contributed by atoms with Crippen LogP contribution in [0.1, 0.15) is 21.5 Å². The minimum absolute atomic E-state index is 0.110. The van der Waals surface area contributed by atoms with E-state index >= 15 is 13.3 Å². The molecule has 0 bridgehead atoms. The Kier molecular flexibility index (Phi) is 6.55. The minimum Gasteiger partial charge on any atom is -0.478 e. The Bertz CT molecular complexity index is 2050. The highest BCUT2D eigenvalue weighted by molar-refractivity contribution is 7.83. The van der Waals surface area contributed by atoms with Crippen molar-refractivity contribution in [2.24, 2.45) is 0 Å². The molecule has 0 saturated carbocycles. The van der Waals surface area contributed by atoms with Crippen LogP contribution < -0.4 is 15.5 Å². The summed E-state index contributed by atoms with van der Waals surface area (Å²) in [6.07, 6.45) is 3.89. The summed E-state index contributed by atoms with van der Waals surface area (Å²) in [6.45, 7) is -2.69.